The smallest absolute Gasteiger partial charge is 0.102 e. The average Bonchev–Trinajstić information content (AvgIpc) is 2.76. The van der Waals surface area contributed by atoms with E-state index in [1.165, 1.54) is 25.7 Å². The quantitative estimate of drug-likeness (QED) is 0.500. The Labute approximate surface area is 93.2 Å². The minimum Gasteiger partial charge on any atom is -0.511 e. The molecule has 0 radical (unpaired) electrons. The fourth-order valence-electron chi connectivity index (χ4n) is 1.84. The molecule has 0 aliphatic heterocycles. The summed E-state index contributed by atoms with van der Waals surface area (Å²) in [7, 11) is 0. The van der Waals surface area contributed by atoms with Crippen molar-refractivity contribution in [1.29, 1.82) is 0 Å². The second-order valence-corrected chi connectivity index (χ2v) is 4.31. The van der Waals surface area contributed by atoms with Crippen LogP contribution in [0.1, 0.15) is 46.0 Å². The van der Waals surface area contributed by atoms with Gasteiger partial charge in [-0.2, -0.15) is 0 Å². The molecule has 15 heavy (non-hydrogen) atoms. The maximum Gasteiger partial charge on any atom is 0.102 e. The van der Waals surface area contributed by atoms with E-state index in [0.717, 1.165) is 12.0 Å². The van der Waals surface area contributed by atoms with Crippen LogP contribution in [-0.4, -0.2) is 5.11 Å². The summed E-state index contributed by atoms with van der Waals surface area (Å²) >= 11 is 0. The molecule has 1 heteroatoms. The van der Waals surface area contributed by atoms with Crippen molar-refractivity contribution in [2.45, 2.75) is 46.0 Å². The van der Waals surface area contributed by atoms with Gasteiger partial charge in [0.15, 0.2) is 0 Å². The standard InChI is InChI=1S/C14H22O/c1-3-4-5-6-9-12(2)14(15)13-10-7-8-11-13/h7-8,10-12,15H,3-6,9H2,1-2H3. The van der Waals surface area contributed by atoms with Gasteiger partial charge < -0.3 is 5.11 Å². The Morgan fingerprint density at radius 3 is 2.47 bits per heavy atom. The molecule has 1 rings (SSSR count). The van der Waals surface area contributed by atoms with Gasteiger partial charge in [0.1, 0.15) is 5.76 Å². The zero-order valence-electron chi connectivity index (χ0n) is 9.87. The Morgan fingerprint density at radius 1 is 1.20 bits per heavy atom. The molecule has 1 aliphatic carbocycles. The van der Waals surface area contributed by atoms with E-state index in [4.69, 9.17) is 0 Å². The number of allylic oxidation sites excluding steroid dienone is 6. The van der Waals surface area contributed by atoms with Crippen LogP contribution in [0.4, 0.5) is 0 Å². The molecule has 0 spiro atoms. The molecule has 1 atom stereocenters. The molecule has 0 heterocycles. The van der Waals surface area contributed by atoms with Crippen molar-refractivity contribution in [2.24, 2.45) is 5.92 Å². The van der Waals surface area contributed by atoms with Crippen molar-refractivity contribution in [3.05, 3.63) is 35.6 Å². The number of unbranched alkanes of at least 4 members (excludes halogenated alkanes) is 3. The summed E-state index contributed by atoms with van der Waals surface area (Å²) in [4.78, 5) is 0. The van der Waals surface area contributed by atoms with Crippen LogP contribution >= 0.6 is 0 Å². The second-order valence-electron chi connectivity index (χ2n) is 4.31. The van der Waals surface area contributed by atoms with Crippen LogP contribution < -0.4 is 0 Å². The first-order chi connectivity index (χ1) is 7.25. The molecule has 1 nitrogen and oxygen atoms in total. The molecule has 1 N–H and O–H groups in total. The minimum atomic E-state index is 0.296. The summed E-state index contributed by atoms with van der Waals surface area (Å²) in [6, 6.07) is 0. The third-order valence-electron chi connectivity index (χ3n) is 2.92. The van der Waals surface area contributed by atoms with Crippen molar-refractivity contribution in [1.82, 2.24) is 0 Å². The molecule has 0 aromatic rings. The summed E-state index contributed by atoms with van der Waals surface area (Å²) in [5.41, 5.74) is 0.984. The molecule has 0 saturated heterocycles. The van der Waals surface area contributed by atoms with Gasteiger partial charge in [-0.25, -0.2) is 0 Å². The first kappa shape index (κ1) is 12.1. The Kier molecular flexibility index (Phi) is 5.23. The Hall–Kier alpha value is -0.980. The van der Waals surface area contributed by atoms with E-state index in [0.29, 0.717) is 11.7 Å². The highest BCUT2D eigenvalue weighted by atomic mass is 16.3. The van der Waals surface area contributed by atoms with Crippen LogP contribution in [0, 0.1) is 5.92 Å². The van der Waals surface area contributed by atoms with E-state index in [1.54, 1.807) is 0 Å². The molecule has 0 saturated carbocycles. The number of hydrogen-bond donors (Lipinski definition) is 1. The van der Waals surface area contributed by atoms with Gasteiger partial charge in [-0.3, -0.25) is 0 Å². The van der Waals surface area contributed by atoms with Gasteiger partial charge in [0, 0.05) is 11.5 Å². The predicted molar refractivity (Wildman–Crippen MR) is 65.9 cm³/mol. The highest BCUT2D eigenvalue weighted by Gasteiger charge is 2.10. The maximum absolute atomic E-state index is 9.95. The van der Waals surface area contributed by atoms with Crippen LogP contribution in [0.15, 0.2) is 35.6 Å². The largest absolute Gasteiger partial charge is 0.511 e. The molecule has 1 aliphatic rings. The number of hydrogen-bond acceptors (Lipinski definition) is 1. The highest BCUT2D eigenvalue weighted by Crippen LogP contribution is 2.22. The Bertz CT molecular complexity index is 257. The lowest BCUT2D eigenvalue weighted by molar-refractivity contribution is 0.323. The van der Waals surface area contributed by atoms with Crippen molar-refractivity contribution in [3.8, 4) is 0 Å². The van der Waals surface area contributed by atoms with E-state index in [1.807, 2.05) is 24.3 Å². The molecular formula is C14H22O. The first-order valence-corrected chi connectivity index (χ1v) is 6.03. The van der Waals surface area contributed by atoms with Gasteiger partial charge in [-0.15, -0.1) is 0 Å². The number of aliphatic hydroxyl groups is 1. The van der Waals surface area contributed by atoms with E-state index >= 15 is 0 Å². The van der Waals surface area contributed by atoms with Gasteiger partial charge in [-0.05, 0) is 6.42 Å². The van der Waals surface area contributed by atoms with E-state index in [9.17, 15) is 5.11 Å². The Balaban J connectivity index is 2.33. The van der Waals surface area contributed by atoms with E-state index in [-0.39, 0.29) is 0 Å². The number of rotatable bonds is 6. The van der Waals surface area contributed by atoms with E-state index in [2.05, 4.69) is 13.8 Å². The monoisotopic (exact) mass is 206 g/mol. The van der Waals surface area contributed by atoms with Crippen molar-refractivity contribution < 1.29 is 5.11 Å². The summed E-state index contributed by atoms with van der Waals surface area (Å²) in [5.74, 6) is 0.848. The van der Waals surface area contributed by atoms with Gasteiger partial charge in [0.25, 0.3) is 0 Å². The fraction of sp³-hybridized carbons (Fsp3) is 0.571. The van der Waals surface area contributed by atoms with Gasteiger partial charge in [0.05, 0.1) is 0 Å². The summed E-state index contributed by atoms with van der Waals surface area (Å²) in [6.07, 6.45) is 14.1. The third kappa shape index (κ3) is 3.94. The molecule has 1 unspecified atom stereocenters. The van der Waals surface area contributed by atoms with Crippen molar-refractivity contribution in [3.63, 3.8) is 0 Å². The van der Waals surface area contributed by atoms with Crippen LogP contribution in [-0.2, 0) is 0 Å². The molecule has 0 fully saturated rings. The van der Waals surface area contributed by atoms with Gasteiger partial charge in [0.2, 0.25) is 0 Å². The molecule has 0 aromatic heterocycles. The zero-order chi connectivity index (χ0) is 11.1. The number of aliphatic hydroxyl groups excluding tert-OH is 1. The zero-order valence-corrected chi connectivity index (χ0v) is 9.87. The Morgan fingerprint density at radius 2 is 1.87 bits per heavy atom. The third-order valence-corrected chi connectivity index (χ3v) is 2.92. The maximum atomic E-state index is 9.95. The summed E-state index contributed by atoms with van der Waals surface area (Å²) < 4.78 is 0. The van der Waals surface area contributed by atoms with E-state index < -0.39 is 0 Å². The molecule has 0 bridgehead atoms. The lowest BCUT2D eigenvalue weighted by atomic mass is 9.98. The first-order valence-electron chi connectivity index (χ1n) is 6.03. The summed E-state index contributed by atoms with van der Waals surface area (Å²) in [5, 5.41) is 9.95. The van der Waals surface area contributed by atoms with Gasteiger partial charge >= 0.3 is 0 Å². The average molecular weight is 206 g/mol. The topological polar surface area (TPSA) is 20.2 Å². The SMILES string of the molecule is CCCCCCC(C)C(O)=C1C=CC=C1. The molecule has 0 aromatic carbocycles. The second kappa shape index (κ2) is 6.49. The minimum absolute atomic E-state index is 0.296. The summed E-state index contributed by atoms with van der Waals surface area (Å²) in [6.45, 7) is 4.32. The van der Waals surface area contributed by atoms with Crippen LogP contribution in [0.2, 0.25) is 0 Å². The predicted octanol–water partition coefficient (Wildman–Crippen LogP) is 4.53. The van der Waals surface area contributed by atoms with Gasteiger partial charge in [-0.1, -0.05) is 63.8 Å². The normalized spacial score (nSPS) is 16.0. The lowest BCUT2D eigenvalue weighted by Crippen LogP contribution is -2.01. The highest BCUT2D eigenvalue weighted by molar-refractivity contribution is 5.41. The van der Waals surface area contributed by atoms with Crippen molar-refractivity contribution >= 4 is 0 Å². The lowest BCUT2D eigenvalue weighted by Gasteiger charge is -2.11. The molecular weight excluding hydrogens is 184 g/mol. The van der Waals surface area contributed by atoms with Crippen LogP contribution in [0.25, 0.3) is 0 Å². The molecule has 84 valence electrons. The van der Waals surface area contributed by atoms with Crippen LogP contribution in [0.5, 0.6) is 0 Å². The molecule has 0 amide bonds. The van der Waals surface area contributed by atoms with Crippen molar-refractivity contribution in [2.75, 3.05) is 0 Å². The fourth-order valence-corrected chi connectivity index (χ4v) is 1.84. The van der Waals surface area contributed by atoms with Crippen LogP contribution in [0.3, 0.4) is 0 Å².